The van der Waals surface area contributed by atoms with Gasteiger partial charge in [-0.15, -0.1) is 0 Å². The average Bonchev–Trinajstić information content (AvgIpc) is 3.17. The van der Waals surface area contributed by atoms with Gasteiger partial charge in [-0.25, -0.2) is 18.3 Å². The molecule has 1 saturated carbocycles. The number of anilines is 1. The number of carbonyl (C=O) groups excluding carboxylic acids is 2. The number of aromatic nitrogens is 3. The van der Waals surface area contributed by atoms with E-state index in [4.69, 9.17) is 11.6 Å². The zero-order chi connectivity index (χ0) is 21.3. The first kappa shape index (κ1) is 20.2. The minimum absolute atomic E-state index is 0.0381. The van der Waals surface area contributed by atoms with Crippen LogP contribution in [0.15, 0.2) is 36.7 Å². The van der Waals surface area contributed by atoms with Gasteiger partial charge in [-0.3, -0.25) is 9.59 Å². The summed E-state index contributed by atoms with van der Waals surface area (Å²) in [7, 11) is 0. The third kappa shape index (κ3) is 4.11. The van der Waals surface area contributed by atoms with Crippen molar-refractivity contribution in [2.75, 3.05) is 5.32 Å². The molecule has 0 bridgehead atoms. The summed E-state index contributed by atoms with van der Waals surface area (Å²) in [4.78, 5) is 29.2. The maximum Gasteiger partial charge on any atom is 0.271 e. The number of hydrogen-bond acceptors (Lipinski definition) is 4. The van der Waals surface area contributed by atoms with Gasteiger partial charge < -0.3 is 10.6 Å². The van der Waals surface area contributed by atoms with Crippen molar-refractivity contribution in [3.8, 4) is 0 Å². The monoisotopic (exact) mass is 433 g/mol. The summed E-state index contributed by atoms with van der Waals surface area (Å²) >= 11 is 5.87. The number of hydrogen-bond donors (Lipinski definition) is 2. The quantitative estimate of drug-likeness (QED) is 0.615. The Morgan fingerprint density at radius 1 is 1.13 bits per heavy atom. The molecule has 1 aromatic carbocycles. The van der Waals surface area contributed by atoms with Crippen LogP contribution in [0, 0.1) is 17.6 Å². The van der Waals surface area contributed by atoms with Gasteiger partial charge in [-0.2, -0.15) is 5.10 Å². The topological polar surface area (TPSA) is 88.4 Å². The van der Waals surface area contributed by atoms with Gasteiger partial charge in [0.15, 0.2) is 17.3 Å². The van der Waals surface area contributed by atoms with Crippen molar-refractivity contribution in [1.29, 1.82) is 0 Å². The molecule has 2 amide bonds. The Morgan fingerprint density at radius 3 is 2.63 bits per heavy atom. The normalized spacial score (nSPS) is 18.9. The molecule has 2 N–H and O–H groups in total. The van der Waals surface area contributed by atoms with E-state index in [0.29, 0.717) is 37.0 Å². The van der Waals surface area contributed by atoms with Gasteiger partial charge in [-0.05, 0) is 43.9 Å². The first-order valence-corrected chi connectivity index (χ1v) is 9.85. The van der Waals surface area contributed by atoms with Crippen LogP contribution in [0.4, 0.5) is 14.5 Å². The molecule has 0 atom stereocenters. The second-order valence-electron chi connectivity index (χ2n) is 7.19. The number of carbonyl (C=O) groups is 2. The van der Waals surface area contributed by atoms with Crippen LogP contribution in [0.25, 0.3) is 5.65 Å². The van der Waals surface area contributed by atoms with E-state index >= 15 is 0 Å². The van der Waals surface area contributed by atoms with Gasteiger partial charge in [0, 0.05) is 24.2 Å². The molecule has 10 heteroatoms. The van der Waals surface area contributed by atoms with Crippen LogP contribution in [0.1, 0.15) is 36.2 Å². The average molecular weight is 434 g/mol. The highest BCUT2D eigenvalue weighted by molar-refractivity contribution is 6.33. The minimum Gasteiger partial charge on any atom is -0.348 e. The zero-order valence-corrected chi connectivity index (χ0v) is 16.5. The molecule has 4 rings (SSSR count). The standard InChI is InChI=1S/C20H18ClF2N5O2/c21-13-8-14(22)15(23)9-16(13)27-19(29)11-3-5-12(6-4-11)26-20(30)17-10-24-18-2-1-7-25-28(17)18/h1-2,7-12H,3-6H2,(H,26,30)(H,27,29). The summed E-state index contributed by atoms with van der Waals surface area (Å²) in [5.74, 6) is -3.04. The molecule has 0 unspecified atom stereocenters. The predicted octanol–water partition coefficient (Wildman–Crippen LogP) is 3.59. The Morgan fingerprint density at radius 2 is 1.87 bits per heavy atom. The molecular weight excluding hydrogens is 416 g/mol. The molecule has 30 heavy (non-hydrogen) atoms. The van der Waals surface area contributed by atoms with E-state index in [0.717, 1.165) is 12.1 Å². The number of nitrogens with one attached hydrogen (secondary N) is 2. The summed E-state index contributed by atoms with van der Waals surface area (Å²) in [5, 5.41) is 9.59. The molecule has 0 spiro atoms. The molecule has 1 aliphatic rings. The molecule has 2 heterocycles. The van der Waals surface area contributed by atoms with Crippen molar-refractivity contribution in [3.63, 3.8) is 0 Å². The highest BCUT2D eigenvalue weighted by Gasteiger charge is 2.28. The van der Waals surface area contributed by atoms with Gasteiger partial charge in [0.25, 0.3) is 5.91 Å². The Bertz CT molecular complexity index is 1110. The van der Waals surface area contributed by atoms with E-state index in [1.54, 1.807) is 18.3 Å². The van der Waals surface area contributed by atoms with Crippen molar-refractivity contribution in [2.45, 2.75) is 31.7 Å². The van der Waals surface area contributed by atoms with E-state index in [-0.39, 0.29) is 34.5 Å². The summed E-state index contributed by atoms with van der Waals surface area (Å²) in [6.45, 7) is 0. The van der Waals surface area contributed by atoms with E-state index in [1.165, 1.54) is 10.7 Å². The first-order valence-electron chi connectivity index (χ1n) is 9.47. The summed E-state index contributed by atoms with van der Waals surface area (Å²) < 4.78 is 28.0. The molecule has 0 saturated heterocycles. The molecule has 3 aromatic rings. The summed E-state index contributed by atoms with van der Waals surface area (Å²) in [6, 6.07) is 5.11. The summed E-state index contributed by atoms with van der Waals surface area (Å²) in [6.07, 6.45) is 5.36. The number of benzene rings is 1. The van der Waals surface area contributed by atoms with E-state index in [2.05, 4.69) is 20.7 Å². The van der Waals surface area contributed by atoms with Crippen molar-refractivity contribution in [3.05, 3.63) is 59.0 Å². The maximum absolute atomic E-state index is 13.4. The second-order valence-corrected chi connectivity index (χ2v) is 7.60. The second kappa shape index (κ2) is 8.35. The highest BCUT2D eigenvalue weighted by atomic mass is 35.5. The third-order valence-corrected chi connectivity index (χ3v) is 5.52. The molecule has 0 aliphatic heterocycles. The Kier molecular flexibility index (Phi) is 5.63. The van der Waals surface area contributed by atoms with Gasteiger partial charge in [0.1, 0.15) is 5.69 Å². The fraction of sp³-hybridized carbons (Fsp3) is 0.300. The van der Waals surface area contributed by atoms with Crippen molar-refractivity contribution in [1.82, 2.24) is 19.9 Å². The lowest BCUT2D eigenvalue weighted by Gasteiger charge is -2.28. The lowest BCUT2D eigenvalue weighted by molar-refractivity contribution is -0.120. The van der Waals surface area contributed by atoms with E-state index < -0.39 is 11.6 Å². The smallest absolute Gasteiger partial charge is 0.271 e. The summed E-state index contributed by atoms with van der Waals surface area (Å²) in [5.41, 5.74) is 0.966. The van der Waals surface area contributed by atoms with Gasteiger partial charge in [-0.1, -0.05) is 11.6 Å². The van der Waals surface area contributed by atoms with Crippen LogP contribution in [-0.4, -0.2) is 32.5 Å². The van der Waals surface area contributed by atoms with Crippen LogP contribution in [-0.2, 0) is 4.79 Å². The predicted molar refractivity (Wildman–Crippen MR) is 106 cm³/mol. The van der Waals surface area contributed by atoms with Gasteiger partial charge >= 0.3 is 0 Å². The first-order chi connectivity index (χ1) is 14.4. The Labute approximate surface area is 175 Å². The Hall–Kier alpha value is -3.07. The van der Waals surface area contributed by atoms with Crippen LogP contribution in [0.3, 0.4) is 0 Å². The number of nitrogens with zero attached hydrogens (tertiary/aromatic N) is 3. The van der Waals surface area contributed by atoms with Crippen molar-refractivity contribution < 1.29 is 18.4 Å². The lowest BCUT2D eigenvalue weighted by atomic mass is 9.85. The number of amides is 2. The SMILES string of the molecule is O=C(NC1CCC(C(=O)Nc2cc(F)c(F)cc2Cl)CC1)c1cnc2cccnn12. The van der Waals surface area contributed by atoms with E-state index in [1.807, 2.05) is 0 Å². The Balaban J connectivity index is 1.33. The minimum atomic E-state index is -1.08. The molecule has 0 radical (unpaired) electrons. The van der Waals surface area contributed by atoms with Gasteiger partial charge in [0.05, 0.1) is 16.9 Å². The largest absolute Gasteiger partial charge is 0.348 e. The van der Waals surface area contributed by atoms with Crippen LogP contribution >= 0.6 is 11.6 Å². The van der Waals surface area contributed by atoms with Crippen LogP contribution in [0.2, 0.25) is 5.02 Å². The number of imidazole rings is 1. The van der Waals surface area contributed by atoms with Crippen LogP contribution < -0.4 is 10.6 Å². The zero-order valence-electron chi connectivity index (χ0n) is 15.7. The lowest BCUT2D eigenvalue weighted by Crippen LogP contribution is -2.40. The molecule has 7 nitrogen and oxygen atoms in total. The fourth-order valence-electron chi connectivity index (χ4n) is 3.60. The van der Waals surface area contributed by atoms with E-state index in [9.17, 15) is 18.4 Å². The number of halogens is 3. The number of fused-ring (bicyclic) bond motifs is 1. The van der Waals surface area contributed by atoms with Gasteiger partial charge in [0.2, 0.25) is 5.91 Å². The molecule has 156 valence electrons. The van der Waals surface area contributed by atoms with Crippen molar-refractivity contribution in [2.24, 2.45) is 5.92 Å². The van der Waals surface area contributed by atoms with Crippen LogP contribution in [0.5, 0.6) is 0 Å². The molecule has 1 fully saturated rings. The third-order valence-electron chi connectivity index (χ3n) is 5.21. The maximum atomic E-state index is 13.4. The molecule has 2 aromatic heterocycles. The highest BCUT2D eigenvalue weighted by Crippen LogP contribution is 2.29. The molecule has 1 aliphatic carbocycles. The fourth-order valence-corrected chi connectivity index (χ4v) is 3.79. The molecular formula is C20H18ClF2N5O2. The number of rotatable bonds is 4. The van der Waals surface area contributed by atoms with Crippen molar-refractivity contribution >= 4 is 34.7 Å².